The maximum Gasteiger partial charge on any atom is 0.252 e. The van der Waals surface area contributed by atoms with Crippen LogP contribution >= 0.6 is 11.8 Å². The number of aliphatic imine (C=N–C) groups is 2. The molecule has 0 spiro atoms. The second-order valence-corrected chi connectivity index (χ2v) is 5.05. The van der Waals surface area contributed by atoms with Crippen LogP contribution < -0.4 is 0 Å². The molecule has 2 aliphatic heterocycles. The van der Waals surface area contributed by atoms with Crippen LogP contribution in [0.3, 0.4) is 0 Å². The molecule has 0 aromatic rings. The molecule has 2 aliphatic rings. The van der Waals surface area contributed by atoms with Gasteiger partial charge in [-0.25, -0.2) is 9.98 Å². The van der Waals surface area contributed by atoms with Gasteiger partial charge in [0.15, 0.2) is 5.17 Å². The number of nitrogens with zero attached hydrogens (tertiary/aromatic N) is 3. The Morgan fingerprint density at radius 1 is 1.61 bits per heavy atom. The predicted octanol–water partition coefficient (Wildman–Crippen LogP) is 1.31. The lowest BCUT2D eigenvalue weighted by Crippen LogP contribution is -2.37. The third-order valence-electron chi connectivity index (χ3n) is 3.23. The van der Waals surface area contributed by atoms with Gasteiger partial charge in [-0.3, -0.25) is 4.79 Å². The molecule has 1 atom stereocenters. The van der Waals surface area contributed by atoms with Crippen molar-refractivity contribution in [2.45, 2.75) is 19.4 Å². The van der Waals surface area contributed by atoms with Gasteiger partial charge in [0, 0.05) is 12.2 Å². The summed E-state index contributed by atoms with van der Waals surface area (Å²) < 4.78 is 5.33. The molecule has 0 radical (unpaired) electrons. The van der Waals surface area contributed by atoms with Crippen LogP contribution in [0.2, 0.25) is 0 Å². The molecule has 1 unspecified atom stereocenters. The smallest absolute Gasteiger partial charge is 0.252 e. The molecule has 1 fully saturated rings. The van der Waals surface area contributed by atoms with Gasteiger partial charge in [-0.15, -0.1) is 0 Å². The highest BCUT2D eigenvalue weighted by Gasteiger charge is 2.34. The molecule has 1 saturated heterocycles. The molecule has 0 N–H and O–H groups in total. The van der Waals surface area contributed by atoms with Gasteiger partial charge < -0.3 is 9.64 Å². The number of amidine groups is 1. The Morgan fingerprint density at radius 3 is 2.94 bits per heavy atom. The van der Waals surface area contributed by atoms with Crippen LogP contribution in [0.1, 0.15) is 13.3 Å². The van der Waals surface area contributed by atoms with E-state index in [9.17, 15) is 4.79 Å². The number of hydrogen-bond acceptors (Lipinski definition) is 4. The highest BCUT2D eigenvalue weighted by molar-refractivity contribution is 8.13. The first-order valence-electron chi connectivity index (χ1n) is 5.85. The summed E-state index contributed by atoms with van der Waals surface area (Å²) in [5.74, 6) is 0.0637. The first-order chi connectivity index (χ1) is 8.67. The Hall–Kier alpha value is -1.14. The van der Waals surface area contributed by atoms with E-state index in [-0.39, 0.29) is 11.9 Å². The molecule has 1 amide bonds. The van der Waals surface area contributed by atoms with Crippen LogP contribution in [-0.2, 0) is 9.53 Å². The molecule has 18 heavy (non-hydrogen) atoms. The molecule has 0 aliphatic carbocycles. The van der Waals surface area contributed by atoms with Crippen LogP contribution in [-0.4, -0.2) is 54.7 Å². The van der Waals surface area contributed by atoms with Gasteiger partial charge in [-0.05, 0) is 26.3 Å². The molecule has 0 aromatic heterocycles. The quantitative estimate of drug-likeness (QED) is 0.560. The Morgan fingerprint density at radius 2 is 2.39 bits per heavy atom. The first kappa shape index (κ1) is 13.3. The van der Waals surface area contributed by atoms with Gasteiger partial charge >= 0.3 is 0 Å². The maximum absolute atomic E-state index is 12.2. The summed E-state index contributed by atoms with van der Waals surface area (Å²) in [6.45, 7) is 7.21. The van der Waals surface area contributed by atoms with Crippen molar-refractivity contribution in [1.29, 1.82) is 0 Å². The zero-order valence-corrected chi connectivity index (χ0v) is 11.5. The summed E-state index contributed by atoms with van der Waals surface area (Å²) >= 11 is 1.43. The lowest BCUT2D eigenvalue weighted by molar-refractivity contribution is -0.127. The SMILES string of the molecule is C=NC(=NC1=C(C)C(=O)N(C2CCOC2)C1)SC. The van der Waals surface area contributed by atoms with Gasteiger partial charge in [0.2, 0.25) is 0 Å². The fourth-order valence-electron chi connectivity index (χ4n) is 2.13. The maximum atomic E-state index is 12.2. The van der Waals surface area contributed by atoms with Gasteiger partial charge in [0.05, 0.1) is 24.9 Å². The molecule has 98 valence electrons. The van der Waals surface area contributed by atoms with E-state index in [0.717, 1.165) is 18.7 Å². The summed E-state index contributed by atoms with van der Waals surface area (Å²) in [5.41, 5.74) is 1.50. The second kappa shape index (κ2) is 5.67. The normalized spacial score (nSPS) is 25.2. The van der Waals surface area contributed by atoms with Gasteiger partial charge in [-0.2, -0.15) is 0 Å². The molecule has 0 aromatic carbocycles. The van der Waals surface area contributed by atoms with Crippen molar-refractivity contribution < 1.29 is 9.53 Å². The zero-order valence-electron chi connectivity index (χ0n) is 10.7. The predicted molar refractivity (Wildman–Crippen MR) is 74.1 cm³/mol. The van der Waals surface area contributed by atoms with Gasteiger partial charge in [0.1, 0.15) is 0 Å². The molecular formula is C12H17N3O2S. The minimum atomic E-state index is 0.0637. The Balaban J connectivity index is 2.15. The molecule has 0 bridgehead atoms. The molecule has 2 rings (SSSR count). The molecular weight excluding hydrogens is 250 g/mol. The summed E-state index contributed by atoms with van der Waals surface area (Å²) in [5, 5.41) is 0.599. The van der Waals surface area contributed by atoms with Gasteiger partial charge in [0.25, 0.3) is 5.91 Å². The van der Waals surface area contributed by atoms with Crippen molar-refractivity contribution in [3.8, 4) is 0 Å². The standard InChI is InChI=1S/C12H17N3O2S/c1-8-10(14-12(13-2)18-3)6-15(11(8)16)9-4-5-17-7-9/h9H,2,4-7H2,1,3H3. The molecule has 6 heteroatoms. The van der Waals surface area contributed by atoms with Crippen molar-refractivity contribution in [2.24, 2.45) is 9.98 Å². The van der Waals surface area contributed by atoms with Crippen LogP contribution in [0.15, 0.2) is 21.3 Å². The van der Waals surface area contributed by atoms with E-state index >= 15 is 0 Å². The lowest BCUT2D eigenvalue weighted by atomic mass is 10.2. The number of carbonyl (C=O) groups excluding carboxylic acids is 1. The number of carbonyl (C=O) groups is 1. The van der Waals surface area contributed by atoms with Gasteiger partial charge in [-0.1, -0.05) is 11.8 Å². The zero-order chi connectivity index (χ0) is 13.1. The van der Waals surface area contributed by atoms with E-state index in [0.29, 0.717) is 23.9 Å². The van der Waals surface area contributed by atoms with Crippen molar-refractivity contribution in [3.05, 3.63) is 11.3 Å². The third kappa shape index (κ3) is 2.49. The van der Waals surface area contributed by atoms with E-state index in [1.165, 1.54) is 11.8 Å². The van der Waals surface area contributed by atoms with E-state index in [1.54, 1.807) is 0 Å². The summed E-state index contributed by atoms with van der Waals surface area (Å²) in [6.07, 6.45) is 2.80. The summed E-state index contributed by atoms with van der Waals surface area (Å²) in [4.78, 5) is 22.2. The monoisotopic (exact) mass is 267 g/mol. The Labute approximate surface area is 111 Å². The fourth-order valence-corrected chi connectivity index (χ4v) is 2.46. The number of amides is 1. The fraction of sp³-hybridized carbons (Fsp3) is 0.583. The van der Waals surface area contributed by atoms with Crippen LogP contribution in [0, 0.1) is 0 Å². The minimum Gasteiger partial charge on any atom is -0.379 e. The highest BCUT2D eigenvalue weighted by Crippen LogP contribution is 2.26. The summed E-state index contributed by atoms with van der Waals surface area (Å²) in [7, 11) is 0. The second-order valence-electron chi connectivity index (χ2n) is 4.28. The van der Waals surface area contributed by atoms with E-state index in [1.807, 2.05) is 18.1 Å². The van der Waals surface area contributed by atoms with Crippen LogP contribution in [0.4, 0.5) is 0 Å². The van der Waals surface area contributed by atoms with Crippen molar-refractivity contribution >= 4 is 29.6 Å². The Kier molecular flexibility index (Phi) is 4.19. The van der Waals surface area contributed by atoms with Crippen molar-refractivity contribution in [3.63, 3.8) is 0 Å². The first-order valence-corrected chi connectivity index (χ1v) is 7.07. The molecule has 5 nitrogen and oxygen atoms in total. The topological polar surface area (TPSA) is 54.3 Å². The minimum absolute atomic E-state index is 0.0637. The molecule has 0 saturated carbocycles. The number of thioether (sulfide) groups is 1. The average Bonchev–Trinajstić information content (AvgIpc) is 2.99. The Bertz CT molecular complexity index is 425. The van der Waals surface area contributed by atoms with Crippen molar-refractivity contribution in [1.82, 2.24) is 4.90 Å². The third-order valence-corrected chi connectivity index (χ3v) is 3.82. The van der Waals surface area contributed by atoms with Crippen LogP contribution in [0.5, 0.6) is 0 Å². The average molecular weight is 267 g/mol. The molecule has 2 heterocycles. The summed E-state index contributed by atoms with van der Waals surface area (Å²) in [6, 6.07) is 0.189. The number of hydrogen-bond donors (Lipinski definition) is 0. The number of rotatable bonds is 2. The van der Waals surface area contributed by atoms with Crippen LogP contribution in [0.25, 0.3) is 0 Å². The van der Waals surface area contributed by atoms with E-state index in [2.05, 4.69) is 16.7 Å². The van der Waals surface area contributed by atoms with E-state index < -0.39 is 0 Å². The largest absolute Gasteiger partial charge is 0.379 e. The van der Waals surface area contributed by atoms with E-state index in [4.69, 9.17) is 4.74 Å². The van der Waals surface area contributed by atoms with Crippen molar-refractivity contribution in [2.75, 3.05) is 26.0 Å². The lowest BCUT2D eigenvalue weighted by Gasteiger charge is -2.22. The number of ether oxygens (including phenoxy) is 1. The highest BCUT2D eigenvalue weighted by atomic mass is 32.2.